The standard InChI is InChI=1S/C18H22FN3OS2/c1-13-20-21-18(25-13)24-12-17(23)22(16-5-3-2-4-6-16)11-14-7-9-15(19)10-8-14/h7-10,16H,2-6,11-12H2,1H3. The van der Waals surface area contributed by atoms with Crippen molar-refractivity contribution in [3.8, 4) is 0 Å². The predicted molar refractivity (Wildman–Crippen MR) is 99.2 cm³/mol. The fraction of sp³-hybridized carbons (Fsp3) is 0.500. The number of hydrogen-bond acceptors (Lipinski definition) is 5. The number of nitrogens with zero attached hydrogens (tertiary/aromatic N) is 3. The molecule has 0 aliphatic heterocycles. The normalized spacial score (nSPS) is 15.3. The van der Waals surface area contributed by atoms with Gasteiger partial charge >= 0.3 is 0 Å². The van der Waals surface area contributed by atoms with Crippen molar-refractivity contribution < 1.29 is 9.18 Å². The van der Waals surface area contributed by atoms with E-state index in [0.717, 1.165) is 27.8 Å². The lowest BCUT2D eigenvalue weighted by Crippen LogP contribution is -2.41. The SMILES string of the molecule is Cc1nnc(SCC(=O)N(Cc2ccc(F)cc2)C2CCCCC2)s1. The van der Waals surface area contributed by atoms with Crippen LogP contribution in [-0.4, -0.2) is 32.8 Å². The molecule has 0 bridgehead atoms. The molecule has 2 aromatic rings. The Morgan fingerprint density at radius 3 is 2.60 bits per heavy atom. The van der Waals surface area contributed by atoms with E-state index in [2.05, 4.69) is 10.2 Å². The molecule has 0 saturated heterocycles. The molecule has 1 saturated carbocycles. The summed E-state index contributed by atoms with van der Waals surface area (Å²) >= 11 is 2.96. The van der Waals surface area contributed by atoms with Gasteiger partial charge in [-0.2, -0.15) is 0 Å². The maximum absolute atomic E-state index is 13.2. The van der Waals surface area contributed by atoms with E-state index in [9.17, 15) is 9.18 Å². The van der Waals surface area contributed by atoms with Crippen molar-refractivity contribution in [3.05, 3.63) is 40.7 Å². The Labute approximate surface area is 155 Å². The van der Waals surface area contributed by atoms with Gasteiger partial charge in [-0.1, -0.05) is 54.5 Å². The number of benzene rings is 1. The van der Waals surface area contributed by atoms with E-state index in [-0.39, 0.29) is 17.8 Å². The highest BCUT2D eigenvalue weighted by molar-refractivity contribution is 8.01. The first-order chi connectivity index (χ1) is 12.1. The molecule has 0 N–H and O–H groups in total. The summed E-state index contributed by atoms with van der Waals surface area (Å²) in [5.41, 5.74) is 0.970. The lowest BCUT2D eigenvalue weighted by molar-refractivity contribution is -0.132. The Hall–Kier alpha value is -1.47. The number of thioether (sulfide) groups is 1. The van der Waals surface area contributed by atoms with E-state index < -0.39 is 0 Å². The molecule has 134 valence electrons. The molecule has 7 heteroatoms. The average molecular weight is 380 g/mol. The number of hydrogen-bond donors (Lipinski definition) is 0. The molecule has 1 aromatic carbocycles. The Bertz CT molecular complexity index is 699. The van der Waals surface area contributed by atoms with Crippen LogP contribution in [0.25, 0.3) is 0 Å². The maximum atomic E-state index is 13.2. The molecule has 1 amide bonds. The van der Waals surface area contributed by atoms with Gasteiger partial charge in [0, 0.05) is 12.6 Å². The van der Waals surface area contributed by atoms with Gasteiger partial charge in [0.2, 0.25) is 5.91 Å². The number of amides is 1. The van der Waals surface area contributed by atoms with Crippen LogP contribution in [0.3, 0.4) is 0 Å². The molecule has 3 rings (SSSR count). The van der Waals surface area contributed by atoms with Crippen LogP contribution in [0.15, 0.2) is 28.6 Å². The second-order valence-corrected chi connectivity index (χ2v) is 8.72. The zero-order valence-corrected chi connectivity index (χ0v) is 15.9. The largest absolute Gasteiger partial charge is 0.335 e. The first-order valence-electron chi connectivity index (χ1n) is 8.58. The van der Waals surface area contributed by atoms with E-state index in [4.69, 9.17) is 0 Å². The zero-order chi connectivity index (χ0) is 17.6. The van der Waals surface area contributed by atoms with Gasteiger partial charge in [0.15, 0.2) is 4.34 Å². The topological polar surface area (TPSA) is 46.1 Å². The molecular weight excluding hydrogens is 357 g/mol. The second-order valence-electron chi connectivity index (χ2n) is 6.32. The Kier molecular flexibility index (Phi) is 6.42. The van der Waals surface area contributed by atoms with Gasteiger partial charge in [0.1, 0.15) is 10.8 Å². The van der Waals surface area contributed by atoms with E-state index >= 15 is 0 Å². The van der Waals surface area contributed by atoms with Crippen molar-refractivity contribution in [1.29, 1.82) is 0 Å². The van der Waals surface area contributed by atoms with Gasteiger partial charge in [0.05, 0.1) is 5.75 Å². The molecule has 1 heterocycles. The van der Waals surface area contributed by atoms with Crippen LogP contribution in [-0.2, 0) is 11.3 Å². The number of aryl methyl sites for hydroxylation is 1. The third-order valence-corrected chi connectivity index (χ3v) is 6.39. The summed E-state index contributed by atoms with van der Waals surface area (Å²) in [7, 11) is 0. The minimum Gasteiger partial charge on any atom is -0.335 e. The Balaban J connectivity index is 1.67. The Morgan fingerprint density at radius 1 is 1.24 bits per heavy atom. The van der Waals surface area contributed by atoms with Crippen LogP contribution < -0.4 is 0 Å². The molecular formula is C18H22FN3OS2. The molecule has 1 fully saturated rings. The van der Waals surface area contributed by atoms with E-state index in [1.165, 1.54) is 54.5 Å². The minimum atomic E-state index is -0.249. The smallest absolute Gasteiger partial charge is 0.233 e. The first-order valence-corrected chi connectivity index (χ1v) is 10.4. The summed E-state index contributed by atoms with van der Waals surface area (Å²) in [4.78, 5) is 14.9. The summed E-state index contributed by atoms with van der Waals surface area (Å²) in [6, 6.07) is 6.72. The van der Waals surface area contributed by atoms with E-state index in [1.54, 1.807) is 12.1 Å². The number of carbonyl (C=O) groups excluding carboxylic acids is 1. The molecule has 0 atom stereocenters. The molecule has 0 unspecified atom stereocenters. The number of aromatic nitrogens is 2. The van der Waals surface area contributed by atoms with Crippen molar-refractivity contribution in [1.82, 2.24) is 15.1 Å². The summed E-state index contributed by atoms with van der Waals surface area (Å²) in [5.74, 6) is 0.238. The van der Waals surface area contributed by atoms with Crippen molar-refractivity contribution in [3.63, 3.8) is 0 Å². The highest BCUT2D eigenvalue weighted by Crippen LogP contribution is 2.27. The molecule has 1 aromatic heterocycles. The minimum absolute atomic E-state index is 0.120. The van der Waals surface area contributed by atoms with E-state index in [1.807, 2.05) is 11.8 Å². The summed E-state index contributed by atoms with van der Waals surface area (Å²) < 4.78 is 14.0. The highest BCUT2D eigenvalue weighted by atomic mass is 32.2. The van der Waals surface area contributed by atoms with Gasteiger partial charge in [-0.25, -0.2) is 4.39 Å². The van der Waals surface area contributed by atoms with Crippen LogP contribution in [0.1, 0.15) is 42.7 Å². The van der Waals surface area contributed by atoms with Gasteiger partial charge in [-0.15, -0.1) is 10.2 Å². The fourth-order valence-electron chi connectivity index (χ4n) is 3.14. The summed E-state index contributed by atoms with van der Waals surface area (Å²) in [5, 5.41) is 8.97. The molecule has 0 spiro atoms. The van der Waals surface area contributed by atoms with Crippen molar-refractivity contribution in [2.24, 2.45) is 0 Å². The van der Waals surface area contributed by atoms with Crippen LogP contribution in [0.2, 0.25) is 0 Å². The zero-order valence-electron chi connectivity index (χ0n) is 14.3. The average Bonchev–Trinajstić information content (AvgIpc) is 3.05. The van der Waals surface area contributed by atoms with Crippen LogP contribution in [0.4, 0.5) is 4.39 Å². The van der Waals surface area contributed by atoms with Crippen LogP contribution in [0, 0.1) is 12.7 Å². The maximum Gasteiger partial charge on any atom is 0.233 e. The Morgan fingerprint density at radius 2 is 1.96 bits per heavy atom. The third-order valence-electron chi connectivity index (χ3n) is 4.43. The number of rotatable bonds is 6. The van der Waals surface area contributed by atoms with Gasteiger partial charge in [-0.05, 0) is 37.5 Å². The predicted octanol–water partition coefficient (Wildman–Crippen LogP) is 4.44. The lowest BCUT2D eigenvalue weighted by atomic mass is 9.94. The van der Waals surface area contributed by atoms with Crippen molar-refractivity contribution in [2.45, 2.75) is 56.0 Å². The molecule has 25 heavy (non-hydrogen) atoms. The molecule has 1 aliphatic carbocycles. The van der Waals surface area contributed by atoms with Crippen molar-refractivity contribution >= 4 is 29.0 Å². The molecule has 1 aliphatic rings. The first kappa shape index (κ1) is 18.3. The molecule has 0 radical (unpaired) electrons. The van der Waals surface area contributed by atoms with Crippen molar-refractivity contribution in [2.75, 3.05) is 5.75 Å². The summed E-state index contributed by atoms with van der Waals surface area (Å²) in [6.07, 6.45) is 5.68. The monoisotopic (exact) mass is 379 g/mol. The third kappa shape index (κ3) is 5.25. The fourth-order valence-corrected chi connectivity index (χ4v) is 4.84. The second kappa shape index (κ2) is 8.76. The van der Waals surface area contributed by atoms with Gasteiger partial charge in [0.25, 0.3) is 0 Å². The quantitative estimate of drug-likeness (QED) is 0.696. The number of carbonyl (C=O) groups is 1. The van der Waals surface area contributed by atoms with E-state index in [0.29, 0.717) is 12.3 Å². The van der Waals surface area contributed by atoms with Gasteiger partial charge < -0.3 is 4.90 Å². The summed E-state index contributed by atoms with van der Waals surface area (Å²) in [6.45, 7) is 2.45. The van der Waals surface area contributed by atoms with Gasteiger partial charge in [-0.3, -0.25) is 4.79 Å². The van der Waals surface area contributed by atoms with Crippen LogP contribution >= 0.6 is 23.1 Å². The highest BCUT2D eigenvalue weighted by Gasteiger charge is 2.25. The van der Waals surface area contributed by atoms with Crippen LogP contribution in [0.5, 0.6) is 0 Å². The number of halogens is 1. The molecule has 4 nitrogen and oxygen atoms in total. The lowest BCUT2D eigenvalue weighted by Gasteiger charge is -2.34.